The summed E-state index contributed by atoms with van der Waals surface area (Å²) in [5, 5.41) is 17.3. The number of likely N-dealkylation sites (N-methyl/N-ethyl adjacent to an activating group) is 1. The Balaban J connectivity index is 1.41. The second-order valence-corrected chi connectivity index (χ2v) is 13.0. The van der Waals surface area contributed by atoms with Crippen LogP contribution < -0.4 is 15.5 Å². The monoisotopic (exact) mass is 694 g/mol. The van der Waals surface area contributed by atoms with E-state index in [-0.39, 0.29) is 30.4 Å². The molecule has 1 saturated carbocycles. The fourth-order valence-electron chi connectivity index (χ4n) is 6.81. The van der Waals surface area contributed by atoms with E-state index in [1.165, 1.54) is 10.9 Å². The third-order valence-electron chi connectivity index (χ3n) is 9.59. The number of esters is 1. The largest absolute Gasteiger partial charge is 0.490 e. The molecule has 2 fully saturated rings. The van der Waals surface area contributed by atoms with Crippen molar-refractivity contribution in [1.29, 1.82) is 0 Å². The zero-order valence-electron chi connectivity index (χ0n) is 28.0. The van der Waals surface area contributed by atoms with Gasteiger partial charge < -0.3 is 34.8 Å². The summed E-state index contributed by atoms with van der Waals surface area (Å²) in [6, 6.07) is 18.3. The summed E-state index contributed by atoms with van der Waals surface area (Å²) < 4.78 is 46.6. The number of amides is 1. The van der Waals surface area contributed by atoms with E-state index in [2.05, 4.69) is 44.8 Å². The Hall–Kier alpha value is -4.76. The Labute approximate surface area is 287 Å². The summed E-state index contributed by atoms with van der Waals surface area (Å²) in [5.41, 5.74) is 2.82. The quantitative estimate of drug-likeness (QED) is 0.199. The Morgan fingerprint density at radius 2 is 1.72 bits per heavy atom. The van der Waals surface area contributed by atoms with Gasteiger partial charge in [0.2, 0.25) is 11.9 Å². The predicted octanol–water partition coefficient (Wildman–Crippen LogP) is 3.89. The van der Waals surface area contributed by atoms with Crippen LogP contribution in [0.25, 0.3) is 11.2 Å². The third-order valence-corrected chi connectivity index (χ3v) is 9.59. The molecule has 15 heteroatoms. The molecule has 2 aliphatic rings. The van der Waals surface area contributed by atoms with E-state index in [4.69, 9.17) is 14.7 Å². The van der Waals surface area contributed by atoms with Crippen molar-refractivity contribution in [2.24, 2.45) is 0 Å². The van der Waals surface area contributed by atoms with Gasteiger partial charge in [0.05, 0.1) is 18.4 Å². The van der Waals surface area contributed by atoms with E-state index >= 15 is 0 Å². The maximum atomic E-state index is 13.4. The highest BCUT2D eigenvalue weighted by Gasteiger charge is 2.51. The minimum atomic E-state index is -5.29. The molecule has 266 valence electrons. The molecule has 0 unspecified atom stereocenters. The number of nitrogens with one attached hydrogen (secondary N) is 2. The van der Waals surface area contributed by atoms with Crippen molar-refractivity contribution >= 4 is 34.8 Å². The van der Waals surface area contributed by atoms with Crippen molar-refractivity contribution in [1.82, 2.24) is 29.7 Å². The molecular weight excluding hydrogens is 653 g/mol. The van der Waals surface area contributed by atoms with Gasteiger partial charge in [-0.05, 0) is 38.1 Å². The number of rotatable bonds is 11. The zero-order chi connectivity index (χ0) is 35.6. The maximum absolute atomic E-state index is 13.4. The van der Waals surface area contributed by atoms with E-state index in [1.54, 1.807) is 6.92 Å². The van der Waals surface area contributed by atoms with Crippen molar-refractivity contribution in [3.8, 4) is 0 Å². The number of aliphatic hydroxyl groups is 1. The number of nitrogens with zero attached hydrogens (tertiary/aromatic N) is 6. The Kier molecular flexibility index (Phi) is 10.3. The van der Waals surface area contributed by atoms with E-state index in [0.29, 0.717) is 36.9 Å². The van der Waals surface area contributed by atoms with Crippen LogP contribution in [0.1, 0.15) is 49.3 Å². The molecule has 6 rings (SSSR count). The number of anilines is 2. The zero-order valence-corrected chi connectivity index (χ0v) is 28.0. The van der Waals surface area contributed by atoms with Crippen LogP contribution in [-0.2, 0) is 14.3 Å². The molecule has 2 aromatic carbocycles. The lowest BCUT2D eigenvalue weighted by atomic mass is 9.91. The Morgan fingerprint density at radius 3 is 2.30 bits per heavy atom. The minimum Gasteiger partial charge on any atom is -0.451 e. The average molecular weight is 695 g/mol. The molecule has 1 aliphatic carbocycles. The highest BCUT2D eigenvalue weighted by Crippen LogP contribution is 2.38. The fourth-order valence-corrected chi connectivity index (χ4v) is 6.81. The van der Waals surface area contributed by atoms with E-state index in [9.17, 15) is 27.9 Å². The van der Waals surface area contributed by atoms with Gasteiger partial charge in [0, 0.05) is 38.0 Å². The van der Waals surface area contributed by atoms with Crippen molar-refractivity contribution in [2.45, 2.75) is 68.6 Å². The summed E-state index contributed by atoms with van der Waals surface area (Å²) in [6.45, 7) is 3.39. The number of fused-ring (bicyclic) bond motifs is 1. The van der Waals surface area contributed by atoms with Crippen LogP contribution in [0.3, 0.4) is 0 Å². The molecule has 1 aliphatic heterocycles. The molecule has 1 amide bonds. The lowest BCUT2D eigenvalue weighted by molar-refractivity contribution is -0.209. The number of carbonyl (C=O) groups excluding carboxylic acids is 2. The summed E-state index contributed by atoms with van der Waals surface area (Å²) in [7, 11) is 4.02. The number of alkyl halides is 3. The van der Waals surface area contributed by atoms with E-state index < -0.39 is 42.3 Å². The molecule has 50 heavy (non-hydrogen) atoms. The fraction of sp³-hybridized carbons (Fsp3) is 0.457. The first kappa shape index (κ1) is 35.1. The second-order valence-electron chi connectivity index (χ2n) is 13.0. The van der Waals surface area contributed by atoms with Gasteiger partial charge in [-0.2, -0.15) is 23.1 Å². The molecule has 1 saturated heterocycles. The van der Waals surface area contributed by atoms with E-state index in [1.807, 2.05) is 55.4 Å². The van der Waals surface area contributed by atoms with Crippen molar-refractivity contribution < 1.29 is 32.6 Å². The number of aromatic nitrogens is 4. The molecular formula is C35H41F3N8O4. The van der Waals surface area contributed by atoms with Crippen LogP contribution in [0, 0.1) is 0 Å². The number of benzene rings is 2. The summed E-state index contributed by atoms with van der Waals surface area (Å²) in [6.07, 6.45) is -6.21. The topological polar surface area (TPSA) is 138 Å². The molecule has 3 heterocycles. The third kappa shape index (κ3) is 7.38. The van der Waals surface area contributed by atoms with Crippen LogP contribution in [0.15, 0.2) is 67.0 Å². The highest BCUT2D eigenvalue weighted by atomic mass is 19.4. The summed E-state index contributed by atoms with van der Waals surface area (Å²) >= 11 is 0. The van der Waals surface area contributed by atoms with Crippen LogP contribution in [-0.4, -0.2) is 106 Å². The summed E-state index contributed by atoms with van der Waals surface area (Å²) in [5.74, 6) is -2.07. The summed E-state index contributed by atoms with van der Waals surface area (Å²) in [4.78, 5) is 42.9. The Bertz CT molecular complexity index is 1750. The van der Waals surface area contributed by atoms with Gasteiger partial charge in [0.25, 0.3) is 0 Å². The average Bonchev–Trinajstić information content (AvgIpc) is 3.84. The van der Waals surface area contributed by atoms with Crippen molar-refractivity contribution in [3.05, 3.63) is 78.1 Å². The molecule has 2 aromatic heterocycles. The molecule has 0 radical (unpaired) electrons. The number of hydrogen-bond donors (Lipinski definition) is 3. The van der Waals surface area contributed by atoms with Crippen LogP contribution in [0.2, 0.25) is 0 Å². The molecule has 12 nitrogen and oxygen atoms in total. The first-order valence-corrected chi connectivity index (χ1v) is 16.7. The highest BCUT2D eigenvalue weighted by molar-refractivity contribution is 5.85. The molecule has 0 spiro atoms. The van der Waals surface area contributed by atoms with Crippen molar-refractivity contribution in [2.75, 3.05) is 43.9 Å². The first-order chi connectivity index (χ1) is 23.9. The number of halogens is 3. The smallest absolute Gasteiger partial charge is 0.451 e. The number of aliphatic hydroxyl groups excluding tert-OH is 1. The standard InChI is InChI=1S/C35H41F3N8O4/c1-4-27(47)41-25-17-26(30(29(25)48)50-33(49)35(36,37)38)46-20-40-28-31(42-34(43-32(28)46)45-16-15-23(19-45)44(2)3)39-18-24(21-11-7-5-8-12-21)22-13-9-6-10-14-22/h5-14,20,23-26,29-30,48H,4,15-19H2,1-3H3,(H,41,47)(H,39,42,43)/t23-,25+,26-,29-,30+/m1/s1. The minimum absolute atomic E-state index is 0.0349. The van der Waals surface area contributed by atoms with Gasteiger partial charge in [-0.3, -0.25) is 4.79 Å². The van der Waals surface area contributed by atoms with Crippen LogP contribution in [0.5, 0.6) is 0 Å². The molecule has 5 atom stereocenters. The van der Waals surface area contributed by atoms with Gasteiger partial charge >= 0.3 is 12.1 Å². The Morgan fingerprint density at radius 1 is 1.06 bits per heavy atom. The predicted molar refractivity (Wildman–Crippen MR) is 181 cm³/mol. The number of hydrogen-bond acceptors (Lipinski definition) is 10. The van der Waals surface area contributed by atoms with Crippen LogP contribution >= 0.6 is 0 Å². The van der Waals surface area contributed by atoms with Gasteiger partial charge in [0.1, 0.15) is 6.10 Å². The lowest BCUT2D eigenvalue weighted by Crippen LogP contribution is -2.45. The molecule has 4 aromatic rings. The second kappa shape index (κ2) is 14.6. The maximum Gasteiger partial charge on any atom is 0.490 e. The van der Waals surface area contributed by atoms with Gasteiger partial charge in [-0.1, -0.05) is 67.6 Å². The number of ether oxygens (including phenoxy) is 1. The lowest BCUT2D eigenvalue weighted by Gasteiger charge is -2.25. The van der Waals surface area contributed by atoms with Crippen LogP contribution in [0.4, 0.5) is 24.9 Å². The first-order valence-electron chi connectivity index (χ1n) is 16.7. The SMILES string of the molecule is CCC(=O)N[C@H]1C[C@@H](n2cnc3c(NCC(c4ccccc4)c4ccccc4)nc(N4CC[C@@H](N(C)C)C4)nc32)[C@H](OC(=O)C(F)(F)F)[C@@H]1O. The number of carbonyl (C=O) groups is 2. The molecule has 3 N–H and O–H groups in total. The van der Waals surface area contributed by atoms with Gasteiger partial charge in [0.15, 0.2) is 23.1 Å². The number of imidazole rings is 1. The van der Waals surface area contributed by atoms with Crippen molar-refractivity contribution in [3.63, 3.8) is 0 Å². The van der Waals surface area contributed by atoms with Gasteiger partial charge in [-0.25, -0.2) is 9.78 Å². The molecule has 0 bridgehead atoms. The van der Waals surface area contributed by atoms with E-state index in [0.717, 1.165) is 17.5 Å². The van der Waals surface area contributed by atoms with Gasteiger partial charge in [-0.15, -0.1) is 0 Å². The normalized spacial score (nSPS) is 22.4.